The van der Waals surface area contributed by atoms with Crippen molar-refractivity contribution in [2.24, 2.45) is 5.92 Å². The largest absolute Gasteiger partial charge is 0.495 e. The molecule has 2 aromatic carbocycles. The van der Waals surface area contributed by atoms with Gasteiger partial charge in [-0.3, -0.25) is 19.4 Å². The zero-order valence-corrected chi connectivity index (χ0v) is 36.7. The van der Waals surface area contributed by atoms with Crippen molar-refractivity contribution in [2.75, 3.05) is 38.9 Å². The van der Waals surface area contributed by atoms with Gasteiger partial charge in [0.1, 0.15) is 46.3 Å². The third kappa shape index (κ3) is 9.62. The highest BCUT2D eigenvalue weighted by molar-refractivity contribution is 6.35. The van der Waals surface area contributed by atoms with Crippen LogP contribution in [0.2, 0.25) is 5.02 Å². The average Bonchev–Trinajstić information content (AvgIpc) is 3.92. The fraction of sp³-hybridized carbons (Fsp3) is 0.489. The summed E-state index contributed by atoms with van der Waals surface area (Å²) in [5.74, 6) is -2.43. The van der Waals surface area contributed by atoms with Gasteiger partial charge in [0.05, 0.1) is 49.1 Å². The summed E-state index contributed by atoms with van der Waals surface area (Å²) < 4.78 is 29.6. The Balaban J connectivity index is 0.00000336. The molecule has 3 aromatic rings. The number of pyridine rings is 1. The topological polar surface area (TPSA) is 183 Å². The zero-order valence-electron chi connectivity index (χ0n) is 36.0. The van der Waals surface area contributed by atoms with E-state index in [-0.39, 0.29) is 24.3 Å². The second kappa shape index (κ2) is 18.7. The van der Waals surface area contributed by atoms with Crippen LogP contribution in [0.25, 0.3) is 10.9 Å². The number of aliphatic hydroxyl groups is 1. The van der Waals surface area contributed by atoms with Crippen molar-refractivity contribution < 1.29 is 48.0 Å². The Hall–Kier alpha value is -5.02. The summed E-state index contributed by atoms with van der Waals surface area (Å²) in [7, 11) is 6.02. The van der Waals surface area contributed by atoms with Crippen LogP contribution in [-0.2, 0) is 39.8 Å². The molecule has 0 radical (unpaired) electrons. The van der Waals surface area contributed by atoms with Gasteiger partial charge >= 0.3 is 11.9 Å². The number of halogens is 1. The van der Waals surface area contributed by atoms with Crippen LogP contribution in [0.5, 0.6) is 5.75 Å². The molecule has 0 unspecified atom stereocenters. The summed E-state index contributed by atoms with van der Waals surface area (Å²) in [6.07, 6.45) is 3.25. The smallest absolute Gasteiger partial charge is 0.328 e. The molecule has 3 N–H and O–H groups in total. The summed E-state index contributed by atoms with van der Waals surface area (Å²) in [4.78, 5) is 62.0. The highest BCUT2D eigenvalue weighted by Crippen LogP contribution is 2.50. The van der Waals surface area contributed by atoms with E-state index in [0.717, 1.165) is 16.5 Å². The van der Waals surface area contributed by atoms with Crippen molar-refractivity contribution in [1.29, 1.82) is 0 Å². The van der Waals surface area contributed by atoms with Crippen molar-refractivity contribution in [3.8, 4) is 5.75 Å². The average molecular weight is 849 g/mol. The molecule has 3 aliphatic rings. The lowest BCUT2D eigenvalue weighted by molar-refractivity contribution is -0.187. The molecule has 14 nitrogen and oxygen atoms in total. The number of fused-ring (bicyclic) bond motifs is 6. The molecule has 324 valence electrons. The number of rotatable bonds is 6. The number of aromatic nitrogens is 1. The Kier molecular flexibility index (Phi) is 14.4. The molecule has 4 heterocycles. The van der Waals surface area contributed by atoms with Crippen molar-refractivity contribution in [2.45, 2.75) is 109 Å². The predicted molar refractivity (Wildman–Crippen MR) is 229 cm³/mol. The molecule has 3 aliphatic heterocycles. The van der Waals surface area contributed by atoms with Crippen LogP contribution in [-0.4, -0.2) is 109 Å². The number of carbonyl (C=O) groups is 4. The van der Waals surface area contributed by atoms with E-state index in [1.807, 2.05) is 33.8 Å². The number of anilines is 2. The number of hydrogen-bond acceptors (Lipinski definition) is 12. The van der Waals surface area contributed by atoms with Crippen LogP contribution in [0.3, 0.4) is 0 Å². The Morgan fingerprint density at radius 1 is 1.15 bits per heavy atom. The number of ether oxygens (including phenoxy) is 5. The van der Waals surface area contributed by atoms with Crippen LogP contribution in [0, 0.1) is 5.92 Å². The van der Waals surface area contributed by atoms with Gasteiger partial charge in [-0.25, -0.2) is 4.79 Å². The molecule has 2 saturated heterocycles. The maximum atomic E-state index is 14.3. The number of esters is 2. The Morgan fingerprint density at radius 2 is 1.87 bits per heavy atom. The van der Waals surface area contributed by atoms with Crippen molar-refractivity contribution >= 4 is 57.6 Å². The van der Waals surface area contributed by atoms with E-state index in [9.17, 15) is 24.3 Å². The zero-order chi connectivity index (χ0) is 44.3. The third-order valence-corrected chi connectivity index (χ3v) is 12.0. The van der Waals surface area contributed by atoms with E-state index in [1.54, 1.807) is 62.5 Å². The lowest BCUT2D eigenvalue weighted by Crippen LogP contribution is -2.53. The number of nitrogens with two attached hydrogens (primary N) is 1. The summed E-state index contributed by atoms with van der Waals surface area (Å²) in [6, 6.07) is 9.23. The van der Waals surface area contributed by atoms with E-state index < -0.39 is 71.3 Å². The highest BCUT2D eigenvalue weighted by Gasteiger charge is 2.64. The van der Waals surface area contributed by atoms with Gasteiger partial charge in [-0.2, -0.15) is 0 Å². The third-order valence-electron chi connectivity index (χ3n) is 11.7. The number of epoxide rings is 1. The summed E-state index contributed by atoms with van der Waals surface area (Å²) in [5.41, 5.74) is 6.50. The number of benzene rings is 2. The first-order chi connectivity index (χ1) is 28.4. The van der Waals surface area contributed by atoms with Crippen LogP contribution in [0.1, 0.15) is 76.7 Å². The lowest BCUT2D eigenvalue weighted by atomic mass is 9.78. The number of carbonyl (C=O) groups excluding carboxylic acids is 4. The number of allylic oxidation sites excluding steroid dienone is 3. The first kappa shape index (κ1) is 46.1. The quantitative estimate of drug-likeness (QED) is 0.211. The lowest BCUT2D eigenvalue weighted by Gasteiger charge is -2.41. The summed E-state index contributed by atoms with van der Waals surface area (Å²) in [6.45, 7) is 11.0. The monoisotopic (exact) mass is 848 g/mol. The molecule has 4 bridgehead atoms. The van der Waals surface area contributed by atoms with E-state index in [1.165, 1.54) is 44.2 Å². The van der Waals surface area contributed by atoms with Crippen molar-refractivity contribution in [1.82, 2.24) is 9.88 Å². The van der Waals surface area contributed by atoms with E-state index in [0.29, 0.717) is 34.6 Å². The fourth-order valence-electron chi connectivity index (χ4n) is 7.91. The molecular weight excluding hydrogens is 792 g/mol. The van der Waals surface area contributed by atoms with Crippen LogP contribution in [0.15, 0.2) is 66.4 Å². The van der Waals surface area contributed by atoms with Crippen molar-refractivity contribution in [3.05, 3.63) is 82.5 Å². The molecular formula is C45H57ClN4O10. The van der Waals surface area contributed by atoms with Gasteiger partial charge in [-0.05, 0) is 63.1 Å². The highest BCUT2D eigenvalue weighted by atomic mass is 35.5. The second-order valence-corrected chi connectivity index (χ2v) is 16.2. The first-order valence-corrected chi connectivity index (χ1v) is 20.5. The Labute approximate surface area is 356 Å². The minimum Gasteiger partial charge on any atom is -0.495 e. The predicted octanol–water partition coefficient (Wildman–Crippen LogP) is 6.23. The van der Waals surface area contributed by atoms with Crippen LogP contribution >= 0.6 is 11.6 Å². The maximum Gasteiger partial charge on any atom is 0.328 e. The molecule has 6 rings (SSSR count). The minimum absolute atomic E-state index is 0.0409. The number of nitrogens with zero attached hydrogens (tertiary/aromatic N) is 3. The normalized spacial score (nSPS) is 28.8. The van der Waals surface area contributed by atoms with E-state index in [4.69, 9.17) is 41.0 Å². The maximum absolute atomic E-state index is 14.3. The molecule has 0 saturated carbocycles. The van der Waals surface area contributed by atoms with Gasteiger partial charge in [-0.1, -0.05) is 62.2 Å². The van der Waals surface area contributed by atoms with Gasteiger partial charge in [0.15, 0.2) is 0 Å². The van der Waals surface area contributed by atoms with E-state index in [2.05, 4.69) is 4.98 Å². The Morgan fingerprint density at radius 3 is 2.55 bits per heavy atom. The number of methoxy groups -OCH3 is 2. The summed E-state index contributed by atoms with van der Waals surface area (Å²) in [5, 5.41) is 12.9. The standard InChI is InChI=1S/C43H51ClN4O10.C2H6/c1-23-10-9-11-34(55-8)43(53)20-33(56-37(50)21-43)24(2)39-42(4,58-39)35(19-36(49)48(6)31-15-26(14-23)16-32(54-7)38(31)44)57-41(52)25(3)47(5)40(51)28-13-12-27-17-29(45)22-46-30(27)18-28;1-2/h9-13,15-18,22,24-25,33-35,39,53H,14,19-21,45H2,1-8H3;1-2H3/b11-9+,23-10+;/t24-,25+,33+,34-,35+,39+,42+,43-;/m1./s1. The number of amides is 2. The van der Waals surface area contributed by atoms with Gasteiger partial charge < -0.3 is 44.3 Å². The first-order valence-electron chi connectivity index (χ1n) is 20.1. The number of likely N-dealkylation sites (N-methyl/N-ethyl adjacent to an activating group) is 1. The molecule has 1 aromatic heterocycles. The molecule has 2 fully saturated rings. The summed E-state index contributed by atoms with van der Waals surface area (Å²) >= 11 is 6.80. The Bertz CT molecular complexity index is 2180. The minimum atomic E-state index is -1.60. The van der Waals surface area contributed by atoms with Crippen LogP contribution < -0.4 is 15.4 Å². The van der Waals surface area contributed by atoms with Gasteiger partial charge in [0.2, 0.25) is 5.91 Å². The van der Waals surface area contributed by atoms with Gasteiger partial charge in [-0.15, -0.1) is 0 Å². The molecule has 2 amide bonds. The SMILES string of the molecule is CC.COc1cc2cc(c1Cl)N(C)C(=O)C[C@H](OC(=O)[C@H](C)N(C)C(=O)c1ccc3cc(N)cnc3c1)[C@]1(C)O[C@H]1[C@H](C)[C@@H]1C[C@@](O)(CC(=O)O1)[C@H](OC)/C=C/C=C(\C)C2. The molecule has 8 atom stereocenters. The molecule has 60 heavy (non-hydrogen) atoms. The second-order valence-electron chi connectivity index (χ2n) is 15.8. The van der Waals surface area contributed by atoms with Crippen LogP contribution in [0.4, 0.5) is 11.4 Å². The number of hydrogen-bond donors (Lipinski definition) is 2. The van der Waals surface area contributed by atoms with Gasteiger partial charge in [0.25, 0.3) is 5.91 Å². The van der Waals surface area contributed by atoms with Gasteiger partial charge in [0, 0.05) is 44.5 Å². The number of nitrogen functional groups attached to an aromatic ring is 1. The molecule has 15 heteroatoms. The van der Waals surface area contributed by atoms with E-state index >= 15 is 0 Å². The van der Waals surface area contributed by atoms with Crippen molar-refractivity contribution in [3.63, 3.8) is 0 Å². The molecule has 0 spiro atoms. The fourth-order valence-corrected chi connectivity index (χ4v) is 8.22. The molecule has 0 aliphatic carbocycles.